The zero-order valence-corrected chi connectivity index (χ0v) is 10.4. The third kappa shape index (κ3) is 3.53. The van der Waals surface area contributed by atoms with Gasteiger partial charge in [-0.1, -0.05) is 20.3 Å². The number of anilines is 1. The Bertz CT molecular complexity index is 431. The Hall–Kier alpha value is -1.95. The van der Waals surface area contributed by atoms with E-state index in [0.29, 0.717) is 5.69 Å². The van der Waals surface area contributed by atoms with Gasteiger partial charge in [-0.25, -0.2) is 0 Å². The summed E-state index contributed by atoms with van der Waals surface area (Å²) >= 11 is 0. The van der Waals surface area contributed by atoms with E-state index in [2.05, 4.69) is 5.32 Å². The molecule has 0 radical (unpaired) electrons. The molecule has 0 bridgehead atoms. The minimum absolute atomic E-state index is 0.0146. The number of nitrogens with zero attached hydrogens (tertiary/aromatic N) is 1. The number of carbonyl (C=O) groups is 1. The molecule has 2 atom stereocenters. The van der Waals surface area contributed by atoms with Crippen LogP contribution in [0.1, 0.15) is 20.3 Å². The van der Waals surface area contributed by atoms with Crippen LogP contribution >= 0.6 is 0 Å². The maximum Gasteiger partial charge on any atom is 0.269 e. The molecule has 0 unspecified atom stereocenters. The fourth-order valence-corrected chi connectivity index (χ4v) is 1.40. The number of non-ortho nitro benzene ring substituents is 1. The van der Waals surface area contributed by atoms with Gasteiger partial charge < -0.3 is 11.1 Å². The number of amides is 1. The lowest BCUT2D eigenvalue weighted by atomic mass is 9.99. The average Bonchev–Trinajstić information content (AvgIpc) is 2.37. The topological polar surface area (TPSA) is 98.3 Å². The zero-order valence-electron chi connectivity index (χ0n) is 10.4. The van der Waals surface area contributed by atoms with Crippen LogP contribution in [0.15, 0.2) is 24.3 Å². The van der Waals surface area contributed by atoms with Crippen molar-refractivity contribution in [3.8, 4) is 0 Å². The highest BCUT2D eigenvalue weighted by molar-refractivity contribution is 5.94. The zero-order chi connectivity index (χ0) is 13.7. The number of carbonyl (C=O) groups excluding carboxylic acids is 1. The molecular formula is C12H17N3O3. The summed E-state index contributed by atoms with van der Waals surface area (Å²) < 4.78 is 0. The normalized spacial score (nSPS) is 13.7. The highest BCUT2D eigenvalue weighted by Crippen LogP contribution is 2.16. The summed E-state index contributed by atoms with van der Waals surface area (Å²) in [4.78, 5) is 21.7. The Labute approximate surface area is 105 Å². The fourth-order valence-electron chi connectivity index (χ4n) is 1.40. The number of hydrogen-bond acceptors (Lipinski definition) is 4. The summed E-state index contributed by atoms with van der Waals surface area (Å²) in [5, 5.41) is 13.1. The van der Waals surface area contributed by atoms with Crippen molar-refractivity contribution < 1.29 is 9.72 Å². The summed E-state index contributed by atoms with van der Waals surface area (Å²) in [7, 11) is 0. The summed E-state index contributed by atoms with van der Waals surface area (Å²) in [5.74, 6) is -0.193. The van der Waals surface area contributed by atoms with Crippen molar-refractivity contribution in [3.05, 3.63) is 34.4 Å². The molecule has 0 aliphatic rings. The Balaban J connectivity index is 2.67. The number of hydrogen-bond donors (Lipinski definition) is 2. The van der Waals surface area contributed by atoms with Crippen LogP contribution in [0.4, 0.5) is 11.4 Å². The molecule has 0 spiro atoms. The Morgan fingerprint density at radius 3 is 2.44 bits per heavy atom. The monoisotopic (exact) mass is 251 g/mol. The van der Waals surface area contributed by atoms with Gasteiger partial charge in [0.2, 0.25) is 5.91 Å². The minimum Gasteiger partial charge on any atom is -0.325 e. The van der Waals surface area contributed by atoms with Crippen LogP contribution in [-0.2, 0) is 4.79 Å². The van der Waals surface area contributed by atoms with Gasteiger partial charge in [0.1, 0.15) is 0 Å². The van der Waals surface area contributed by atoms with Gasteiger partial charge in [-0.2, -0.15) is 0 Å². The lowest BCUT2D eigenvalue weighted by molar-refractivity contribution is -0.384. The molecule has 6 heteroatoms. The Morgan fingerprint density at radius 2 is 2.00 bits per heavy atom. The van der Waals surface area contributed by atoms with Gasteiger partial charge in [-0.15, -0.1) is 0 Å². The third-order valence-corrected chi connectivity index (χ3v) is 2.91. The first kappa shape index (κ1) is 14.1. The predicted molar refractivity (Wildman–Crippen MR) is 69.2 cm³/mol. The second kappa shape index (κ2) is 6.11. The van der Waals surface area contributed by atoms with E-state index < -0.39 is 11.0 Å². The molecule has 1 aromatic rings. The maximum atomic E-state index is 11.8. The van der Waals surface area contributed by atoms with E-state index in [9.17, 15) is 14.9 Å². The lowest BCUT2D eigenvalue weighted by Gasteiger charge is -2.17. The van der Waals surface area contributed by atoms with E-state index in [4.69, 9.17) is 5.73 Å². The molecule has 0 aliphatic carbocycles. The highest BCUT2D eigenvalue weighted by atomic mass is 16.6. The minimum atomic E-state index is -0.579. The van der Waals surface area contributed by atoms with Crippen LogP contribution in [0.2, 0.25) is 0 Å². The van der Waals surface area contributed by atoms with E-state index in [1.165, 1.54) is 24.3 Å². The molecule has 98 valence electrons. The molecule has 0 saturated carbocycles. The van der Waals surface area contributed by atoms with Gasteiger partial charge in [-0.05, 0) is 18.1 Å². The number of benzene rings is 1. The van der Waals surface area contributed by atoms with Crippen molar-refractivity contribution in [1.29, 1.82) is 0 Å². The van der Waals surface area contributed by atoms with Gasteiger partial charge >= 0.3 is 0 Å². The molecule has 0 aromatic heterocycles. The molecular weight excluding hydrogens is 234 g/mol. The quantitative estimate of drug-likeness (QED) is 0.616. The van der Waals surface area contributed by atoms with E-state index in [1.807, 2.05) is 13.8 Å². The standard InChI is InChI=1S/C12H17N3O3/c1-3-8(2)11(13)12(16)14-9-4-6-10(7-5-9)15(17)18/h4-8,11H,3,13H2,1-2H3,(H,14,16)/t8-,11-/m1/s1. The molecule has 6 nitrogen and oxygen atoms in total. The first-order valence-electron chi connectivity index (χ1n) is 5.76. The first-order valence-corrected chi connectivity index (χ1v) is 5.76. The second-order valence-corrected chi connectivity index (χ2v) is 4.20. The molecule has 3 N–H and O–H groups in total. The number of nitro benzene ring substituents is 1. The average molecular weight is 251 g/mol. The van der Waals surface area contributed by atoms with Gasteiger partial charge in [0.15, 0.2) is 0 Å². The summed E-state index contributed by atoms with van der Waals surface area (Å²) in [6.45, 7) is 3.86. The number of rotatable bonds is 5. The fraction of sp³-hybridized carbons (Fsp3) is 0.417. The van der Waals surface area contributed by atoms with Crippen LogP contribution < -0.4 is 11.1 Å². The van der Waals surface area contributed by atoms with Crippen molar-refractivity contribution in [3.63, 3.8) is 0 Å². The van der Waals surface area contributed by atoms with Crippen molar-refractivity contribution in [2.45, 2.75) is 26.3 Å². The van der Waals surface area contributed by atoms with Gasteiger partial charge in [0, 0.05) is 17.8 Å². The first-order chi connectivity index (χ1) is 8.45. The molecule has 1 amide bonds. The van der Waals surface area contributed by atoms with Crippen molar-refractivity contribution in [1.82, 2.24) is 0 Å². The van der Waals surface area contributed by atoms with Crippen LogP contribution in [0.25, 0.3) is 0 Å². The summed E-state index contributed by atoms with van der Waals surface area (Å²) in [5.41, 5.74) is 6.27. The lowest BCUT2D eigenvalue weighted by Crippen LogP contribution is -2.40. The second-order valence-electron chi connectivity index (χ2n) is 4.20. The highest BCUT2D eigenvalue weighted by Gasteiger charge is 2.19. The van der Waals surface area contributed by atoms with Crippen molar-refractivity contribution in [2.24, 2.45) is 11.7 Å². The molecule has 0 heterocycles. The number of nitrogens with one attached hydrogen (secondary N) is 1. The Morgan fingerprint density at radius 1 is 1.44 bits per heavy atom. The van der Waals surface area contributed by atoms with Crippen LogP contribution in [0, 0.1) is 16.0 Å². The largest absolute Gasteiger partial charge is 0.325 e. The van der Waals surface area contributed by atoms with Crippen molar-refractivity contribution in [2.75, 3.05) is 5.32 Å². The van der Waals surface area contributed by atoms with Gasteiger partial charge in [0.05, 0.1) is 11.0 Å². The van der Waals surface area contributed by atoms with Gasteiger partial charge in [0.25, 0.3) is 5.69 Å². The van der Waals surface area contributed by atoms with Crippen LogP contribution in [0.3, 0.4) is 0 Å². The molecule has 18 heavy (non-hydrogen) atoms. The molecule has 1 rings (SSSR count). The molecule has 0 fully saturated rings. The van der Waals surface area contributed by atoms with E-state index in [-0.39, 0.29) is 17.5 Å². The molecule has 0 aliphatic heterocycles. The predicted octanol–water partition coefficient (Wildman–Crippen LogP) is 1.91. The number of nitro groups is 1. The smallest absolute Gasteiger partial charge is 0.269 e. The van der Waals surface area contributed by atoms with Crippen molar-refractivity contribution >= 4 is 17.3 Å². The third-order valence-electron chi connectivity index (χ3n) is 2.91. The van der Waals surface area contributed by atoms with Gasteiger partial charge in [-0.3, -0.25) is 14.9 Å². The van der Waals surface area contributed by atoms with E-state index in [0.717, 1.165) is 6.42 Å². The maximum absolute atomic E-state index is 11.8. The number of nitrogens with two attached hydrogens (primary N) is 1. The Kier molecular flexibility index (Phi) is 4.79. The van der Waals surface area contributed by atoms with E-state index in [1.54, 1.807) is 0 Å². The molecule has 1 aromatic carbocycles. The SMILES string of the molecule is CC[C@@H](C)[C@@H](N)C(=O)Nc1ccc([N+](=O)[O-])cc1. The van der Waals surface area contributed by atoms with Crippen LogP contribution in [0.5, 0.6) is 0 Å². The van der Waals surface area contributed by atoms with Crippen LogP contribution in [-0.4, -0.2) is 16.9 Å². The van der Waals surface area contributed by atoms with E-state index >= 15 is 0 Å². The molecule has 0 saturated heterocycles. The summed E-state index contributed by atoms with van der Waals surface area (Å²) in [6, 6.07) is 5.07. The summed E-state index contributed by atoms with van der Waals surface area (Å²) in [6.07, 6.45) is 0.814.